The van der Waals surface area contributed by atoms with E-state index in [0.29, 0.717) is 16.9 Å². The number of nitriles is 1. The third-order valence-corrected chi connectivity index (χ3v) is 3.82. The lowest BCUT2D eigenvalue weighted by Gasteiger charge is -2.15. The number of benzene rings is 2. The highest BCUT2D eigenvalue weighted by molar-refractivity contribution is 6.05. The first-order valence-electron chi connectivity index (χ1n) is 8.23. The van der Waals surface area contributed by atoms with Crippen molar-refractivity contribution < 1.29 is 29.0 Å². The molecule has 0 bridgehead atoms. The number of aliphatic carboxylic acids is 1. The quantitative estimate of drug-likeness (QED) is 0.669. The molecule has 8 heteroatoms. The van der Waals surface area contributed by atoms with Crippen LogP contribution in [-0.4, -0.2) is 42.5 Å². The van der Waals surface area contributed by atoms with Crippen LogP contribution in [0.4, 0.5) is 0 Å². The minimum atomic E-state index is -1.10. The normalized spacial score (nSPS) is 11.0. The second-order valence-corrected chi connectivity index (χ2v) is 5.79. The molecule has 144 valence electrons. The Labute approximate surface area is 161 Å². The summed E-state index contributed by atoms with van der Waals surface area (Å²) >= 11 is 0. The number of nitrogens with one attached hydrogen (secondary N) is 1. The standard InChI is InChI=1S/C20H18N2O6/c1-12(19(25)14-4-6-15(7-5-14)28-11-18(23)24)22-20(26)16-8-3-13(10-21)9-17(16)27-2/h3-9,12H,11H2,1-2H3,(H,22,26)(H,23,24)/t12-/m1/s1. The summed E-state index contributed by atoms with van der Waals surface area (Å²) in [5, 5.41) is 20.1. The van der Waals surface area contributed by atoms with Gasteiger partial charge in [-0.3, -0.25) is 9.59 Å². The summed E-state index contributed by atoms with van der Waals surface area (Å²) in [5.41, 5.74) is 0.892. The number of nitrogens with zero attached hydrogens (tertiary/aromatic N) is 1. The number of carbonyl (C=O) groups is 3. The lowest BCUT2D eigenvalue weighted by atomic mass is 10.0. The monoisotopic (exact) mass is 382 g/mol. The van der Waals surface area contributed by atoms with E-state index in [2.05, 4.69) is 5.32 Å². The lowest BCUT2D eigenvalue weighted by molar-refractivity contribution is -0.139. The molecule has 1 atom stereocenters. The Kier molecular flexibility index (Phi) is 6.71. The molecular formula is C20H18N2O6. The molecule has 0 aromatic heterocycles. The van der Waals surface area contributed by atoms with Crippen molar-refractivity contribution in [3.05, 3.63) is 59.2 Å². The van der Waals surface area contributed by atoms with Crippen molar-refractivity contribution in [3.8, 4) is 17.6 Å². The Hall–Kier alpha value is -3.86. The summed E-state index contributed by atoms with van der Waals surface area (Å²) in [6.45, 7) is 1.07. The molecule has 0 fully saturated rings. The van der Waals surface area contributed by atoms with Gasteiger partial charge >= 0.3 is 5.97 Å². The van der Waals surface area contributed by atoms with Crippen LogP contribution in [0.1, 0.15) is 33.2 Å². The molecule has 1 amide bonds. The van der Waals surface area contributed by atoms with Crippen LogP contribution in [0.25, 0.3) is 0 Å². The van der Waals surface area contributed by atoms with Crippen LogP contribution in [0.15, 0.2) is 42.5 Å². The number of carboxylic acid groups (broad SMARTS) is 1. The molecule has 2 N–H and O–H groups in total. The molecule has 8 nitrogen and oxygen atoms in total. The van der Waals surface area contributed by atoms with Crippen molar-refractivity contribution >= 4 is 17.7 Å². The second kappa shape index (κ2) is 9.19. The molecule has 0 saturated heterocycles. The summed E-state index contributed by atoms with van der Waals surface area (Å²) in [6.07, 6.45) is 0. The Balaban J connectivity index is 2.07. The molecule has 0 radical (unpaired) electrons. The van der Waals surface area contributed by atoms with E-state index in [9.17, 15) is 14.4 Å². The van der Waals surface area contributed by atoms with Gasteiger partial charge in [-0.05, 0) is 49.4 Å². The molecule has 2 aromatic rings. The number of rotatable bonds is 8. The topological polar surface area (TPSA) is 126 Å². The number of hydrogen-bond donors (Lipinski definition) is 2. The van der Waals surface area contributed by atoms with E-state index < -0.39 is 24.5 Å². The molecule has 0 unspecified atom stereocenters. The van der Waals surface area contributed by atoms with E-state index >= 15 is 0 Å². The van der Waals surface area contributed by atoms with Crippen molar-refractivity contribution in [2.75, 3.05) is 13.7 Å². The van der Waals surface area contributed by atoms with Gasteiger partial charge in [0, 0.05) is 5.56 Å². The predicted octanol–water partition coefficient (Wildman–Crippen LogP) is 2.03. The first kappa shape index (κ1) is 20.5. The number of amides is 1. The van der Waals surface area contributed by atoms with Crippen molar-refractivity contribution in [2.24, 2.45) is 0 Å². The highest BCUT2D eigenvalue weighted by Crippen LogP contribution is 2.20. The average Bonchev–Trinajstić information content (AvgIpc) is 2.71. The lowest BCUT2D eigenvalue weighted by Crippen LogP contribution is -2.38. The van der Waals surface area contributed by atoms with Crippen LogP contribution in [0.2, 0.25) is 0 Å². The fourth-order valence-electron chi connectivity index (χ4n) is 2.40. The maximum atomic E-state index is 12.5. The van der Waals surface area contributed by atoms with Crippen LogP contribution in [0.3, 0.4) is 0 Å². The van der Waals surface area contributed by atoms with Crippen LogP contribution in [0.5, 0.6) is 11.5 Å². The van der Waals surface area contributed by atoms with Gasteiger partial charge in [0.05, 0.1) is 30.3 Å². The summed E-state index contributed by atoms with van der Waals surface area (Å²) in [6, 6.07) is 11.5. The Morgan fingerprint density at radius 2 is 1.86 bits per heavy atom. The number of carboxylic acids is 1. The third-order valence-electron chi connectivity index (χ3n) is 3.82. The van der Waals surface area contributed by atoms with Crippen LogP contribution < -0.4 is 14.8 Å². The zero-order chi connectivity index (χ0) is 20.7. The Morgan fingerprint density at radius 1 is 1.18 bits per heavy atom. The summed E-state index contributed by atoms with van der Waals surface area (Å²) in [7, 11) is 1.38. The summed E-state index contributed by atoms with van der Waals surface area (Å²) < 4.78 is 10.1. The van der Waals surface area contributed by atoms with Gasteiger partial charge in [0.15, 0.2) is 12.4 Å². The highest BCUT2D eigenvalue weighted by atomic mass is 16.5. The molecule has 0 aliphatic rings. The first-order chi connectivity index (χ1) is 13.3. The van der Waals surface area contributed by atoms with E-state index in [1.54, 1.807) is 6.92 Å². The fourth-order valence-corrected chi connectivity index (χ4v) is 2.40. The molecule has 0 heterocycles. The second-order valence-electron chi connectivity index (χ2n) is 5.79. The van der Waals surface area contributed by atoms with Crippen molar-refractivity contribution in [2.45, 2.75) is 13.0 Å². The average molecular weight is 382 g/mol. The van der Waals surface area contributed by atoms with Crippen LogP contribution >= 0.6 is 0 Å². The molecule has 0 saturated carbocycles. The number of methoxy groups -OCH3 is 1. The zero-order valence-electron chi connectivity index (χ0n) is 15.3. The molecule has 2 aromatic carbocycles. The third kappa shape index (κ3) is 5.08. The Morgan fingerprint density at radius 3 is 2.43 bits per heavy atom. The molecule has 0 aliphatic carbocycles. The van der Waals surface area contributed by atoms with E-state index in [1.807, 2.05) is 6.07 Å². The fraction of sp³-hybridized carbons (Fsp3) is 0.200. The van der Waals surface area contributed by atoms with Gasteiger partial charge < -0.3 is 19.9 Å². The van der Waals surface area contributed by atoms with E-state index in [0.717, 1.165) is 0 Å². The van der Waals surface area contributed by atoms with Gasteiger partial charge in [-0.25, -0.2) is 4.79 Å². The molecule has 0 spiro atoms. The van der Waals surface area contributed by atoms with Crippen molar-refractivity contribution in [1.29, 1.82) is 5.26 Å². The minimum absolute atomic E-state index is 0.207. The Bertz CT molecular complexity index is 931. The number of ketones is 1. The van der Waals surface area contributed by atoms with Gasteiger partial charge in [0.25, 0.3) is 5.91 Å². The van der Waals surface area contributed by atoms with Gasteiger partial charge in [-0.1, -0.05) is 0 Å². The maximum Gasteiger partial charge on any atom is 0.341 e. The van der Waals surface area contributed by atoms with E-state index in [1.165, 1.54) is 49.6 Å². The number of hydrogen-bond acceptors (Lipinski definition) is 6. The van der Waals surface area contributed by atoms with Crippen molar-refractivity contribution in [1.82, 2.24) is 5.32 Å². The van der Waals surface area contributed by atoms with E-state index in [-0.39, 0.29) is 17.1 Å². The molecule has 2 rings (SSSR count). The molecule has 28 heavy (non-hydrogen) atoms. The smallest absolute Gasteiger partial charge is 0.341 e. The molecule has 0 aliphatic heterocycles. The van der Waals surface area contributed by atoms with Gasteiger partial charge in [-0.15, -0.1) is 0 Å². The van der Waals surface area contributed by atoms with Gasteiger partial charge in [0.2, 0.25) is 0 Å². The summed E-state index contributed by atoms with van der Waals surface area (Å²) in [5.74, 6) is -1.39. The summed E-state index contributed by atoms with van der Waals surface area (Å²) in [4.78, 5) is 35.5. The highest BCUT2D eigenvalue weighted by Gasteiger charge is 2.20. The first-order valence-corrected chi connectivity index (χ1v) is 8.23. The van der Waals surface area contributed by atoms with Crippen LogP contribution in [0, 0.1) is 11.3 Å². The van der Waals surface area contributed by atoms with Gasteiger partial charge in [-0.2, -0.15) is 5.26 Å². The zero-order valence-corrected chi connectivity index (χ0v) is 15.3. The van der Waals surface area contributed by atoms with Gasteiger partial charge in [0.1, 0.15) is 11.5 Å². The van der Waals surface area contributed by atoms with E-state index in [4.69, 9.17) is 19.8 Å². The predicted molar refractivity (Wildman–Crippen MR) is 98.5 cm³/mol. The van der Waals surface area contributed by atoms with Crippen LogP contribution in [-0.2, 0) is 4.79 Å². The maximum absolute atomic E-state index is 12.5. The SMILES string of the molecule is COc1cc(C#N)ccc1C(=O)N[C@H](C)C(=O)c1ccc(OCC(=O)O)cc1. The molecular weight excluding hydrogens is 364 g/mol. The number of carbonyl (C=O) groups excluding carboxylic acids is 2. The largest absolute Gasteiger partial charge is 0.496 e. The van der Waals surface area contributed by atoms with Crippen molar-refractivity contribution in [3.63, 3.8) is 0 Å². The minimum Gasteiger partial charge on any atom is -0.496 e. The number of Topliss-reactive ketones (excluding diaryl/α,β-unsaturated/α-hetero) is 1. The number of ether oxygens (including phenoxy) is 2.